The molecule has 1 aromatic rings. The van der Waals surface area contributed by atoms with Crippen molar-refractivity contribution in [3.63, 3.8) is 0 Å². The second-order valence-corrected chi connectivity index (χ2v) is 3.19. The predicted octanol–water partition coefficient (Wildman–Crippen LogP) is 2.61. The number of aryl methyl sites for hydroxylation is 1. The molecule has 0 aliphatic rings. The van der Waals surface area contributed by atoms with E-state index in [0.29, 0.717) is 6.54 Å². The lowest BCUT2D eigenvalue weighted by atomic mass is 10.0. The fraction of sp³-hybridized carbons (Fsp3) is 0.333. The average Bonchev–Trinajstić information content (AvgIpc) is 2.18. The predicted molar refractivity (Wildman–Crippen MR) is 58.5 cm³/mol. The summed E-state index contributed by atoms with van der Waals surface area (Å²) in [7, 11) is 0. The Balaban J connectivity index is 2.74. The van der Waals surface area contributed by atoms with Crippen molar-refractivity contribution in [1.29, 1.82) is 0 Å². The summed E-state index contributed by atoms with van der Waals surface area (Å²) in [5.41, 5.74) is 9.17. The molecule has 1 nitrogen and oxygen atoms in total. The maximum Gasteiger partial charge on any atom is -0.00367 e. The summed E-state index contributed by atoms with van der Waals surface area (Å²) in [6, 6.07) is 8.54. The third-order valence-electron chi connectivity index (χ3n) is 2.22. The summed E-state index contributed by atoms with van der Waals surface area (Å²) in [5.74, 6) is 0. The maximum atomic E-state index is 5.46. The molecule has 0 aliphatic carbocycles. The van der Waals surface area contributed by atoms with E-state index in [-0.39, 0.29) is 0 Å². The van der Waals surface area contributed by atoms with Crippen LogP contribution in [0.25, 0.3) is 5.57 Å². The first kappa shape index (κ1) is 10.0. The lowest BCUT2D eigenvalue weighted by Crippen LogP contribution is -1.99. The van der Waals surface area contributed by atoms with Gasteiger partial charge < -0.3 is 5.73 Å². The number of nitrogens with two attached hydrogens (primary N) is 1. The van der Waals surface area contributed by atoms with Crippen LogP contribution in [0.5, 0.6) is 0 Å². The molecule has 0 atom stereocenters. The molecule has 0 fully saturated rings. The molecule has 0 unspecified atom stereocenters. The Morgan fingerprint density at radius 3 is 2.38 bits per heavy atom. The molecular formula is C12H17N. The molecule has 1 rings (SSSR count). The lowest BCUT2D eigenvalue weighted by Gasteiger charge is -2.04. The molecule has 1 heteroatoms. The molecule has 0 aliphatic heterocycles. The largest absolute Gasteiger partial charge is 0.330 e. The Morgan fingerprint density at radius 2 is 1.92 bits per heavy atom. The molecule has 2 N–H and O–H groups in total. The van der Waals surface area contributed by atoms with Crippen LogP contribution in [0.3, 0.4) is 0 Å². The van der Waals surface area contributed by atoms with Gasteiger partial charge in [0.2, 0.25) is 0 Å². The number of hydrogen-bond acceptors (Lipinski definition) is 1. The second-order valence-electron chi connectivity index (χ2n) is 3.19. The van der Waals surface area contributed by atoms with Gasteiger partial charge in [-0.05, 0) is 36.1 Å². The van der Waals surface area contributed by atoms with E-state index in [1.807, 2.05) is 0 Å². The first-order valence-electron chi connectivity index (χ1n) is 4.75. The van der Waals surface area contributed by atoms with Gasteiger partial charge in [0.25, 0.3) is 0 Å². The average molecular weight is 175 g/mol. The van der Waals surface area contributed by atoms with Gasteiger partial charge in [-0.1, -0.05) is 37.8 Å². The lowest BCUT2D eigenvalue weighted by molar-refractivity contribution is 1.02. The van der Waals surface area contributed by atoms with E-state index in [1.165, 1.54) is 11.1 Å². The summed E-state index contributed by atoms with van der Waals surface area (Å²) in [4.78, 5) is 0. The minimum Gasteiger partial charge on any atom is -0.330 e. The first-order valence-corrected chi connectivity index (χ1v) is 4.75. The van der Waals surface area contributed by atoms with Gasteiger partial charge in [-0.15, -0.1) is 0 Å². The molecule has 0 saturated carbocycles. The monoisotopic (exact) mass is 175 g/mol. The fourth-order valence-electron chi connectivity index (χ4n) is 1.29. The van der Waals surface area contributed by atoms with Gasteiger partial charge in [0.05, 0.1) is 0 Å². The van der Waals surface area contributed by atoms with Gasteiger partial charge in [0.1, 0.15) is 0 Å². The quantitative estimate of drug-likeness (QED) is 0.748. The third kappa shape index (κ3) is 2.71. The van der Waals surface area contributed by atoms with Gasteiger partial charge in [-0.25, -0.2) is 0 Å². The zero-order valence-corrected chi connectivity index (χ0v) is 8.22. The zero-order valence-electron chi connectivity index (χ0n) is 8.22. The van der Waals surface area contributed by atoms with Crippen LogP contribution in [0.2, 0.25) is 0 Å². The van der Waals surface area contributed by atoms with E-state index in [4.69, 9.17) is 5.73 Å². The highest BCUT2D eigenvalue weighted by molar-refractivity contribution is 5.63. The second kappa shape index (κ2) is 4.83. The zero-order chi connectivity index (χ0) is 9.68. The minimum atomic E-state index is 0.675. The third-order valence-corrected chi connectivity index (χ3v) is 2.22. The van der Waals surface area contributed by atoms with Crippen LogP contribution in [0.1, 0.15) is 24.5 Å². The molecule has 0 aromatic heterocycles. The highest BCUT2D eigenvalue weighted by atomic mass is 14.5. The highest BCUT2D eigenvalue weighted by Crippen LogP contribution is 2.15. The summed E-state index contributed by atoms with van der Waals surface area (Å²) in [6.07, 6.45) is 1.97. The minimum absolute atomic E-state index is 0.675. The van der Waals surface area contributed by atoms with Crippen LogP contribution in [-0.2, 0) is 6.42 Å². The van der Waals surface area contributed by atoms with Crippen molar-refractivity contribution in [2.24, 2.45) is 5.73 Å². The Kier molecular flexibility index (Phi) is 3.71. The maximum absolute atomic E-state index is 5.46. The number of hydrogen-bond donors (Lipinski definition) is 1. The van der Waals surface area contributed by atoms with Crippen molar-refractivity contribution in [3.8, 4) is 0 Å². The van der Waals surface area contributed by atoms with Crippen LogP contribution in [-0.4, -0.2) is 6.54 Å². The van der Waals surface area contributed by atoms with Crippen LogP contribution in [0, 0.1) is 0 Å². The van der Waals surface area contributed by atoms with Crippen molar-refractivity contribution < 1.29 is 0 Å². The summed E-state index contributed by atoms with van der Waals surface area (Å²) in [5, 5.41) is 0. The SMILES string of the molecule is C=C(CCN)c1ccc(CC)cc1. The molecule has 13 heavy (non-hydrogen) atoms. The summed E-state index contributed by atoms with van der Waals surface area (Å²) in [6.45, 7) is 6.82. The van der Waals surface area contributed by atoms with E-state index in [1.54, 1.807) is 0 Å². The Morgan fingerprint density at radius 1 is 1.31 bits per heavy atom. The van der Waals surface area contributed by atoms with Crippen molar-refractivity contribution in [2.75, 3.05) is 6.54 Å². The Labute approximate surface area is 80.3 Å². The van der Waals surface area contributed by atoms with Crippen LogP contribution in [0.15, 0.2) is 30.8 Å². The van der Waals surface area contributed by atoms with E-state index in [0.717, 1.165) is 18.4 Å². The Hall–Kier alpha value is -1.08. The van der Waals surface area contributed by atoms with Gasteiger partial charge in [0.15, 0.2) is 0 Å². The topological polar surface area (TPSA) is 26.0 Å². The summed E-state index contributed by atoms with van der Waals surface area (Å²) < 4.78 is 0. The molecule has 0 heterocycles. The van der Waals surface area contributed by atoms with E-state index in [9.17, 15) is 0 Å². The van der Waals surface area contributed by atoms with E-state index < -0.39 is 0 Å². The molecule has 0 saturated heterocycles. The van der Waals surface area contributed by atoms with Crippen molar-refractivity contribution in [1.82, 2.24) is 0 Å². The van der Waals surface area contributed by atoms with Crippen LogP contribution < -0.4 is 5.73 Å². The van der Waals surface area contributed by atoms with Crippen molar-refractivity contribution >= 4 is 5.57 Å². The van der Waals surface area contributed by atoms with Crippen LogP contribution in [0.4, 0.5) is 0 Å². The Bertz CT molecular complexity index is 272. The van der Waals surface area contributed by atoms with E-state index >= 15 is 0 Å². The fourth-order valence-corrected chi connectivity index (χ4v) is 1.29. The van der Waals surface area contributed by atoms with Gasteiger partial charge >= 0.3 is 0 Å². The summed E-state index contributed by atoms with van der Waals surface area (Å²) >= 11 is 0. The van der Waals surface area contributed by atoms with Crippen molar-refractivity contribution in [2.45, 2.75) is 19.8 Å². The smallest absolute Gasteiger partial charge is 0.00367 e. The highest BCUT2D eigenvalue weighted by Gasteiger charge is 1.97. The molecule has 0 radical (unpaired) electrons. The number of rotatable bonds is 4. The van der Waals surface area contributed by atoms with Crippen LogP contribution >= 0.6 is 0 Å². The van der Waals surface area contributed by atoms with Gasteiger partial charge in [-0.3, -0.25) is 0 Å². The standard InChI is InChI=1S/C12H17N/c1-3-11-4-6-12(7-5-11)10(2)8-9-13/h4-7H,2-3,8-9,13H2,1H3. The van der Waals surface area contributed by atoms with Crippen molar-refractivity contribution in [3.05, 3.63) is 42.0 Å². The van der Waals surface area contributed by atoms with Gasteiger partial charge in [0, 0.05) is 0 Å². The van der Waals surface area contributed by atoms with Gasteiger partial charge in [-0.2, -0.15) is 0 Å². The normalized spacial score (nSPS) is 10.0. The van der Waals surface area contributed by atoms with E-state index in [2.05, 4.69) is 37.8 Å². The molecular weight excluding hydrogens is 158 g/mol. The molecule has 0 bridgehead atoms. The molecule has 0 amide bonds. The molecule has 0 spiro atoms. The molecule has 70 valence electrons. The molecule has 1 aromatic carbocycles. The first-order chi connectivity index (χ1) is 6.27. The number of benzene rings is 1.